The summed E-state index contributed by atoms with van der Waals surface area (Å²) in [7, 11) is 1.67. The first-order valence-corrected chi connectivity index (χ1v) is 8.47. The number of likely N-dealkylation sites (N-methyl/N-ethyl adjacent to an activating group) is 1. The third-order valence-electron chi connectivity index (χ3n) is 4.20. The predicted molar refractivity (Wildman–Crippen MR) is 94.6 cm³/mol. The summed E-state index contributed by atoms with van der Waals surface area (Å²) in [5, 5.41) is 10.6. The van der Waals surface area contributed by atoms with E-state index in [1.807, 2.05) is 41.8 Å². The van der Waals surface area contributed by atoms with E-state index < -0.39 is 6.09 Å². The molecule has 9 heteroatoms. The van der Waals surface area contributed by atoms with Gasteiger partial charge in [0.05, 0.1) is 19.6 Å². The van der Waals surface area contributed by atoms with Crippen molar-refractivity contribution < 1.29 is 14.3 Å². The van der Waals surface area contributed by atoms with E-state index in [4.69, 9.17) is 4.74 Å². The zero-order chi connectivity index (χ0) is 18.5. The number of ether oxygens (including phenoxy) is 1. The second-order valence-corrected chi connectivity index (χ2v) is 6.02. The maximum atomic E-state index is 12.3. The number of para-hydroxylation sites is 1. The molecule has 1 N–H and O–H groups in total. The molecule has 0 aliphatic carbocycles. The highest BCUT2D eigenvalue weighted by Gasteiger charge is 2.33. The van der Waals surface area contributed by atoms with Gasteiger partial charge in [0.15, 0.2) is 5.82 Å². The molecule has 1 aromatic carbocycles. The van der Waals surface area contributed by atoms with Gasteiger partial charge in [0, 0.05) is 19.3 Å². The highest BCUT2D eigenvalue weighted by Crippen LogP contribution is 2.21. The fourth-order valence-corrected chi connectivity index (χ4v) is 2.79. The summed E-state index contributed by atoms with van der Waals surface area (Å²) in [6.45, 7) is 3.72. The van der Waals surface area contributed by atoms with Crippen LogP contribution in [0.5, 0.6) is 0 Å². The third kappa shape index (κ3) is 3.93. The largest absolute Gasteiger partial charge is 0.442 e. The molecular formula is C17H22N6O3. The number of hydrogen-bond acceptors (Lipinski definition) is 5. The lowest BCUT2D eigenvalue weighted by molar-refractivity contribution is 0.120. The number of urea groups is 1. The van der Waals surface area contributed by atoms with Crippen molar-refractivity contribution in [3.05, 3.63) is 42.5 Å². The van der Waals surface area contributed by atoms with E-state index in [1.54, 1.807) is 18.3 Å². The standard InChI is InChI=1S/C17H22N6O3/c1-3-22-12-19-20-15(22)9-18-16(24)21(2)10-14-11-23(17(25)26-14)13-7-5-4-6-8-13/h4-8,12,14H,3,9-11H2,1-2H3,(H,18,24). The number of amides is 3. The number of benzene rings is 1. The molecule has 1 aliphatic rings. The molecule has 0 radical (unpaired) electrons. The Morgan fingerprint density at radius 3 is 2.88 bits per heavy atom. The number of cyclic esters (lactones) is 1. The molecule has 1 unspecified atom stereocenters. The number of carbonyl (C=O) groups is 2. The van der Waals surface area contributed by atoms with Gasteiger partial charge in [-0.05, 0) is 19.1 Å². The van der Waals surface area contributed by atoms with Gasteiger partial charge in [0.25, 0.3) is 0 Å². The number of aromatic nitrogens is 3. The Kier molecular flexibility index (Phi) is 5.35. The second kappa shape index (κ2) is 7.85. The molecule has 138 valence electrons. The molecule has 2 aromatic rings. The number of nitrogens with zero attached hydrogens (tertiary/aromatic N) is 5. The fourth-order valence-electron chi connectivity index (χ4n) is 2.79. The van der Waals surface area contributed by atoms with Gasteiger partial charge in [-0.25, -0.2) is 9.59 Å². The molecule has 0 bridgehead atoms. The van der Waals surface area contributed by atoms with Crippen LogP contribution in [-0.4, -0.2) is 58.0 Å². The lowest BCUT2D eigenvalue weighted by Crippen LogP contribution is -2.42. The molecule has 0 spiro atoms. The Hall–Kier alpha value is -3.10. The van der Waals surface area contributed by atoms with Crippen LogP contribution in [0.25, 0.3) is 0 Å². The molecular weight excluding hydrogens is 336 g/mol. The van der Waals surface area contributed by atoms with Crippen molar-refractivity contribution in [2.75, 3.05) is 25.0 Å². The second-order valence-electron chi connectivity index (χ2n) is 6.02. The highest BCUT2D eigenvalue weighted by molar-refractivity contribution is 5.89. The smallest absolute Gasteiger partial charge is 0.414 e. The van der Waals surface area contributed by atoms with Crippen LogP contribution in [0.15, 0.2) is 36.7 Å². The van der Waals surface area contributed by atoms with Crippen LogP contribution in [0.4, 0.5) is 15.3 Å². The molecule has 1 atom stereocenters. The van der Waals surface area contributed by atoms with Crippen LogP contribution in [0.3, 0.4) is 0 Å². The van der Waals surface area contributed by atoms with Gasteiger partial charge in [0.1, 0.15) is 12.4 Å². The van der Waals surface area contributed by atoms with Gasteiger partial charge in [-0.1, -0.05) is 18.2 Å². The number of nitrogens with one attached hydrogen (secondary N) is 1. The van der Waals surface area contributed by atoms with E-state index in [-0.39, 0.29) is 18.7 Å². The normalized spacial score (nSPS) is 16.5. The van der Waals surface area contributed by atoms with Crippen molar-refractivity contribution >= 4 is 17.8 Å². The maximum Gasteiger partial charge on any atom is 0.414 e. The first-order valence-electron chi connectivity index (χ1n) is 8.47. The topological polar surface area (TPSA) is 92.6 Å². The summed E-state index contributed by atoms with van der Waals surface area (Å²) in [6.07, 6.45) is 0.852. The Morgan fingerprint density at radius 2 is 2.15 bits per heavy atom. The molecule has 2 heterocycles. The van der Waals surface area contributed by atoms with Gasteiger partial charge < -0.3 is 19.5 Å². The minimum atomic E-state index is -0.397. The SMILES string of the molecule is CCn1cnnc1CNC(=O)N(C)CC1CN(c2ccccc2)C(=O)O1. The van der Waals surface area contributed by atoms with E-state index in [0.717, 1.165) is 12.2 Å². The number of aryl methyl sites for hydroxylation is 1. The average molecular weight is 358 g/mol. The Labute approximate surface area is 151 Å². The van der Waals surface area contributed by atoms with E-state index >= 15 is 0 Å². The van der Waals surface area contributed by atoms with Gasteiger partial charge >= 0.3 is 12.1 Å². The van der Waals surface area contributed by atoms with E-state index in [9.17, 15) is 9.59 Å². The minimum absolute atomic E-state index is 0.259. The quantitative estimate of drug-likeness (QED) is 0.844. The van der Waals surface area contributed by atoms with Gasteiger partial charge in [-0.15, -0.1) is 10.2 Å². The molecule has 1 aliphatic heterocycles. The molecule has 3 rings (SSSR count). The highest BCUT2D eigenvalue weighted by atomic mass is 16.6. The summed E-state index contributed by atoms with van der Waals surface area (Å²) in [5.74, 6) is 0.691. The number of anilines is 1. The Balaban J connectivity index is 1.51. The summed E-state index contributed by atoms with van der Waals surface area (Å²) in [4.78, 5) is 27.4. The van der Waals surface area contributed by atoms with Crippen LogP contribution in [-0.2, 0) is 17.8 Å². The van der Waals surface area contributed by atoms with Crippen molar-refractivity contribution in [3.8, 4) is 0 Å². The van der Waals surface area contributed by atoms with E-state index in [1.165, 1.54) is 4.90 Å². The zero-order valence-corrected chi connectivity index (χ0v) is 14.8. The average Bonchev–Trinajstić information content (AvgIpc) is 3.26. The van der Waals surface area contributed by atoms with Gasteiger partial charge in [0.2, 0.25) is 0 Å². The van der Waals surface area contributed by atoms with Crippen LogP contribution in [0.1, 0.15) is 12.7 Å². The molecule has 1 aromatic heterocycles. The number of rotatable bonds is 6. The Bertz CT molecular complexity index is 763. The Morgan fingerprint density at radius 1 is 1.38 bits per heavy atom. The van der Waals surface area contributed by atoms with Crippen molar-refractivity contribution in [1.82, 2.24) is 25.0 Å². The number of hydrogen-bond donors (Lipinski definition) is 1. The molecule has 1 fully saturated rings. The molecule has 3 amide bonds. The molecule has 0 saturated carbocycles. The van der Waals surface area contributed by atoms with Crippen LogP contribution < -0.4 is 10.2 Å². The van der Waals surface area contributed by atoms with Crippen molar-refractivity contribution in [3.63, 3.8) is 0 Å². The monoisotopic (exact) mass is 358 g/mol. The fraction of sp³-hybridized carbons (Fsp3) is 0.412. The van der Waals surface area contributed by atoms with E-state index in [2.05, 4.69) is 15.5 Å². The van der Waals surface area contributed by atoms with Crippen LogP contribution in [0, 0.1) is 0 Å². The van der Waals surface area contributed by atoms with Crippen molar-refractivity contribution in [2.24, 2.45) is 0 Å². The van der Waals surface area contributed by atoms with Crippen LogP contribution in [0.2, 0.25) is 0 Å². The van der Waals surface area contributed by atoms with Crippen LogP contribution >= 0.6 is 0 Å². The predicted octanol–water partition coefficient (Wildman–Crippen LogP) is 1.46. The number of carbonyl (C=O) groups excluding carboxylic acids is 2. The van der Waals surface area contributed by atoms with Gasteiger partial charge in [-0.3, -0.25) is 4.90 Å². The lowest BCUT2D eigenvalue weighted by Gasteiger charge is -2.20. The molecule has 1 saturated heterocycles. The third-order valence-corrected chi connectivity index (χ3v) is 4.20. The lowest BCUT2D eigenvalue weighted by atomic mass is 10.2. The van der Waals surface area contributed by atoms with Gasteiger partial charge in [-0.2, -0.15) is 0 Å². The summed E-state index contributed by atoms with van der Waals surface area (Å²) < 4.78 is 7.23. The first kappa shape index (κ1) is 17.7. The summed E-state index contributed by atoms with van der Waals surface area (Å²) in [5.41, 5.74) is 0.783. The first-order chi connectivity index (χ1) is 12.6. The molecule has 9 nitrogen and oxygen atoms in total. The minimum Gasteiger partial charge on any atom is -0.442 e. The van der Waals surface area contributed by atoms with E-state index in [0.29, 0.717) is 18.9 Å². The zero-order valence-electron chi connectivity index (χ0n) is 14.8. The summed E-state index contributed by atoms with van der Waals surface area (Å²) >= 11 is 0. The maximum absolute atomic E-state index is 12.3. The summed E-state index contributed by atoms with van der Waals surface area (Å²) in [6, 6.07) is 9.06. The van der Waals surface area contributed by atoms with Crippen molar-refractivity contribution in [2.45, 2.75) is 26.1 Å². The molecule has 26 heavy (non-hydrogen) atoms. The van der Waals surface area contributed by atoms with Crippen molar-refractivity contribution in [1.29, 1.82) is 0 Å².